The first-order valence-electron chi connectivity index (χ1n) is 12.8. The highest BCUT2D eigenvalue weighted by molar-refractivity contribution is 6.30. The summed E-state index contributed by atoms with van der Waals surface area (Å²) in [7, 11) is 0. The first-order chi connectivity index (χ1) is 18.7. The highest BCUT2D eigenvalue weighted by Gasteiger charge is 2.31. The number of carbonyl (C=O) groups is 1. The van der Waals surface area contributed by atoms with Gasteiger partial charge in [0.25, 0.3) is 0 Å². The minimum absolute atomic E-state index is 0.0799. The molecule has 0 saturated carbocycles. The van der Waals surface area contributed by atoms with Gasteiger partial charge in [0.1, 0.15) is 28.6 Å². The van der Waals surface area contributed by atoms with E-state index >= 15 is 0 Å². The predicted molar refractivity (Wildman–Crippen MR) is 148 cm³/mol. The van der Waals surface area contributed by atoms with Gasteiger partial charge >= 0.3 is 12.1 Å². The van der Waals surface area contributed by atoms with Gasteiger partial charge in [-0.05, 0) is 94.6 Å². The summed E-state index contributed by atoms with van der Waals surface area (Å²) in [5.74, 6) is 0.589. The number of nitrogens with zero attached hydrogens (tertiary/aromatic N) is 5. The minimum atomic E-state index is -0.748. The van der Waals surface area contributed by atoms with Gasteiger partial charge in [0.05, 0.1) is 5.69 Å². The summed E-state index contributed by atoms with van der Waals surface area (Å²) in [6.45, 7) is 6.93. The predicted octanol–water partition coefficient (Wildman–Crippen LogP) is 7.37. The van der Waals surface area contributed by atoms with Crippen molar-refractivity contribution in [1.82, 2.24) is 19.5 Å². The van der Waals surface area contributed by atoms with Crippen LogP contribution in [0.2, 0.25) is 5.02 Å². The molecule has 2 aromatic carbocycles. The lowest BCUT2D eigenvalue weighted by Crippen LogP contribution is -2.35. The molecule has 39 heavy (non-hydrogen) atoms. The Morgan fingerprint density at radius 2 is 1.64 bits per heavy atom. The summed E-state index contributed by atoms with van der Waals surface area (Å²) in [5.41, 5.74) is 1.15. The number of anilines is 1. The highest BCUT2D eigenvalue weighted by Crippen LogP contribution is 2.37. The van der Waals surface area contributed by atoms with Crippen molar-refractivity contribution in [3.8, 4) is 34.4 Å². The minimum Gasteiger partial charge on any atom is -0.443 e. The lowest BCUT2D eigenvalue weighted by atomic mass is 10.1. The maximum atomic E-state index is 13.8. The van der Waals surface area contributed by atoms with Gasteiger partial charge in [0, 0.05) is 29.9 Å². The van der Waals surface area contributed by atoms with Crippen LogP contribution < -0.4 is 9.64 Å². The van der Waals surface area contributed by atoms with Crippen LogP contribution in [0.25, 0.3) is 22.6 Å². The molecule has 5 rings (SSSR count). The van der Waals surface area contributed by atoms with Gasteiger partial charge in [0.2, 0.25) is 5.95 Å². The number of hydrogen-bond acceptors (Lipinski definition) is 7. The molecule has 1 saturated heterocycles. The van der Waals surface area contributed by atoms with Crippen molar-refractivity contribution in [3.63, 3.8) is 0 Å². The number of imidazole rings is 1. The van der Waals surface area contributed by atoms with Crippen LogP contribution >= 0.6 is 11.6 Å². The van der Waals surface area contributed by atoms with Crippen molar-refractivity contribution in [2.75, 3.05) is 18.0 Å². The largest absolute Gasteiger partial charge is 0.443 e. The van der Waals surface area contributed by atoms with Crippen molar-refractivity contribution in [1.29, 1.82) is 0 Å². The highest BCUT2D eigenvalue weighted by atomic mass is 35.5. The van der Waals surface area contributed by atoms with Crippen LogP contribution in [0, 0.1) is 5.82 Å². The molecule has 0 unspecified atom stereocenters. The second-order valence-corrected chi connectivity index (χ2v) is 10.7. The smallest absolute Gasteiger partial charge is 0.422 e. The Bertz CT molecular complexity index is 1460. The number of rotatable bonds is 5. The average molecular weight is 550 g/mol. The Hall–Kier alpha value is -3.98. The molecular formula is C29H29ClFN5O3. The molecule has 202 valence electrons. The lowest BCUT2D eigenvalue weighted by molar-refractivity contribution is 0.0541. The van der Waals surface area contributed by atoms with Gasteiger partial charge in [-0.2, -0.15) is 4.98 Å². The van der Waals surface area contributed by atoms with Crippen molar-refractivity contribution in [2.24, 2.45) is 0 Å². The maximum absolute atomic E-state index is 13.8. The topological polar surface area (TPSA) is 82.4 Å². The number of hydrogen-bond donors (Lipinski definition) is 0. The zero-order valence-corrected chi connectivity index (χ0v) is 22.8. The molecule has 2 aromatic heterocycles. The standard InChI is InChI=1S/C29H29ClFN5O3/c1-29(2,3)39-28(37)36-25(23-15-16-32-26(33-23)38-22-13-9-20(30)10-14-22)24(19-7-11-21(31)12-8-19)34-27(36)35-17-5-4-6-18-35/h7-16H,4-6,17-18H2,1-3H3. The third-order valence-electron chi connectivity index (χ3n) is 6.09. The molecule has 0 N–H and O–H groups in total. The normalized spacial score (nSPS) is 13.8. The molecule has 1 aliphatic rings. The summed E-state index contributed by atoms with van der Waals surface area (Å²) in [6.07, 6.45) is 4.04. The first-order valence-corrected chi connectivity index (χ1v) is 13.2. The van der Waals surface area contributed by atoms with Crippen molar-refractivity contribution < 1.29 is 18.7 Å². The summed E-state index contributed by atoms with van der Waals surface area (Å²) < 4.78 is 27.0. The average Bonchev–Trinajstić information content (AvgIpc) is 3.31. The fraction of sp³-hybridized carbons (Fsp3) is 0.310. The van der Waals surface area contributed by atoms with E-state index < -0.39 is 11.7 Å². The molecule has 0 atom stereocenters. The zero-order chi connectivity index (χ0) is 27.6. The number of halogens is 2. The Morgan fingerprint density at radius 1 is 0.949 bits per heavy atom. The Kier molecular flexibility index (Phi) is 7.52. The lowest BCUT2D eigenvalue weighted by Gasteiger charge is -2.29. The van der Waals surface area contributed by atoms with E-state index in [1.165, 1.54) is 16.7 Å². The maximum Gasteiger partial charge on any atom is 0.422 e. The number of aromatic nitrogens is 4. The molecule has 4 aromatic rings. The molecule has 0 spiro atoms. The van der Waals surface area contributed by atoms with E-state index in [-0.39, 0.29) is 11.8 Å². The number of ether oxygens (including phenoxy) is 2. The van der Waals surface area contributed by atoms with Gasteiger partial charge in [-0.1, -0.05) is 11.6 Å². The van der Waals surface area contributed by atoms with Crippen LogP contribution in [0.1, 0.15) is 40.0 Å². The molecule has 10 heteroatoms. The number of carbonyl (C=O) groups excluding carboxylic acids is 1. The van der Waals surface area contributed by atoms with Crippen LogP contribution in [0.4, 0.5) is 15.1 Å². The van der Waals surface area contributed by atoms with Gasteiger partial charge in [0.15, 0.2) is 0 Å². The summed E-state index contributed by atoms with van der Waals surface area (Å²) in [4.78, 5) is 29.7. The van der Waals surface area contributed by atoms with Crippen LogP contribution in [-0.4, -0.2) is 44.3 Å². The third-order valence-corrected chi connectivity index (χ3v) is 6.34. The third kappa shape index (κ3) is 6.20. The first kappa shape index (κ1) is 26.6. The molecule has 8 nitrogen and oxygen atoms in total. The number of benzene rings is 2. The van der Waals surface area contributed by atoms with E-state index in [0.29, 0.717) is 39.4 Å². The summed E-state index contributed by atoms with van der Waals surface area (Å²) in [5, 5.41) is 0.576. The molecule has 0 radical (unpaired) electrons. The van der Waals surface area contributed by atoms with Crippen LogP contribution in [0.5, 0.6) is 11.8 Å². The molecule has 0 amide bonds. The van der Waals surface area contributed by atoms with Crippen LogP contribution in [0.15, 0.2) is 60.8 Å². The van der Waals surface area contributed by atoms with Gasteiger partial charge < -0.3 is 14.4 Å². The molecule has 3 heterocycles. The van der Waals surface area contributed by atoms with E-state index in [9.17, 15) is 9.18 Å². The van der Waals surface area contributed by atoms with E-state index in [1.807, 2.05) is 20.8 Å². The Morgan fingerprint density at radius 3 is 2.31 bits per heavy atom. The van der Waals surface area contributed by atoms with Crippen molar-refractivity contribution in [3.05, 3.63) is 71.6 Å². The van der Waals surface area contributed by atoms with E-state index in [0.717, 1.165) is 32.4 Å². The zero-order valence-electron chi connectivity index (χ0n) is 22.0. The van der Waals surface area contributed by atoms with E-state index in [1.54, 1.807) is 48.7 Å². The van der Waals surface area contributed by atoms with Crippen LogP contribution in [-0.2, 0) is 4.74 Å². The van der Waals surface area contributed by atoms with Gasteiger partial charge in [-0.3, -0.25) is 0 Å². The molecule has 1 fully saturated rings. The van der Waals surface area contributed by atoms with Crippen molar-refractivity contribution in [2.45, 2.75) is 45.6 Å². The summed E-state index contributed by atoms with van der Waals surface area (Å²) in [6, 6.07) is 14.6. The van der Waals surface area contributed by atoms with Crippen molar-refractivity contribution >= 4 is 23.6 Å². The van der Waals surface area contributed by atoms with E-state index in [4.69, 9.17) is 26.1 Å². The molecular weight excluding hydrogens is 521 g/mol. The summed E-state index contributed by atoms with van der Waals surface area (Å²) >= 11 is 6.00. The SMILES string of the molecule is CC(C)(C)OC(=O)n1c(N2CCCCC2)nc(-c2ccc(F)cc2)c1-c1ccnc(Oc2ccc(Cl)cc2)n1. The van der Waals surface area contributed by atoms with E-state index in [2.05, 4.69) is 14.9 Å². The Labute approximate surface area is 231 Å². The Balaban J connectivity index is 1.69. The van der Waals surface area contributed by atoms with Gasteiger partial charge in [-0.15, -0.1) is 0 Å². The fourth-order valence-electron chi connectivity index (χ4n) is 4.37. The quantitative estimate of drug-likeness (QED) is 0.257. The molecule has 0 bridgehead atoms. The second kappa shape index (κ2) is 11.0. The number of piperidine rings is 1. The molecule has 0 aliphatic carbocycles. The van der Waals surface area contributed by atoms with Gasteiger partial charge in [-0.25, -0.2) is 23.7 Å². The second-order valence-electron chi connectivity index (χ2n) is 10.3. The molecule has 1 aliphatic heterocycles. The monoisotopic (exact) mass is 549 g/mol. The van der Waals surface area contributed by atoms with Crippen LogP contribution in [0.3, 0.4) is 0 Å². The fourth-order valence-corrected chi connectivity index (χ4v) is 4.50.